The number of nitrogens with one attached hydrogen (secondary N) is 2. The summed E-state index contributed by atoms with van der Waals surface area (Å²) in [4.78, 5) is 0. The lowest BCUT2D eigenvalue weighted by atomic mass is 9.54. The maximum atomic E-state index is 4.04. The van der Waals surface area contributed by atoms with Crippen LogP contribution in [0.1, 0.15) is 53.5 Å². The van der Waals surface area contributed by atoms with E-state index in [0.717, 1.165) is 17.1 Å². The fourth-order valence-electron chi connectivity index (χ4n) is 11.3. The first-order valence-corrected chi connectivity index (χ1v) is 23.0. The van der Waals surface area contributed by atoms with Gasteiger partial charge in [-0.05, 0) is 98.0 Å². The second-order valence-electron chi connectivity index (χ2n) is 18.0. The van der Waals surface area contributed by atoms with Crippen molar-refractivity contribution >= 4 is 17.1 Å². The van der Waals surface area contributed by atoms with E-state index < -0.39 is 5.41 Å². The molecule has 0 amide bonds. The van der Waals surface area contributed by atoms with E-state index in [0.29, 0.717) is 5.92 Å². The van der Waals surface area contributed by atoms with Gasteiger partial charge in [0, 0.05) is 39.9 Å². The van der Waals surface area contributed by atoms with Crippen LogP contribution < -0.4 is 10.6 Å². The summed E-state index contributed by atoms with van der Waals surface area (Å²) in [5, 5.41) is 7.85. The van der Waals surface area contributed by atoms with E-state index in [1.807, 2.05) is 0 Å². The lowest BCUT2D eigenvalue weighted by molar-refractivity contribution is 0.289. The number of para-hydroxylation sites is 1. The van der Waals surface area contributed by atoms with Gasteiger partial charge in [0.15, 0.2) is 0 Å². The molecule has 314 valence electrons. The van der Waals surface area contributed by atoms with Crippen LogP contribution in [0, 0.1) is 11.3 Å². The van der Waals surface area contributed by atoms with Gasteiger partial charge in [-0.2, -0.15) is 0 Å². The minimum absolute atomic E-state index is 0.109. The topological polar surface area (TPSA) is 24.1 Å². The number of hydrogen-bond acceptors (Lipinski definition) is 2. The quantitative estimate of drug-likeness (QED) is 0.143. The van der Waals surface area contributed by atoms with E-state index in [2.05, 4.69) is 273 Å². The summed E-state index contributed by atoms with van der Waals surface area (Å²) >= 11 is 0. The van der Waals surface area contributed by atoms with Crippen molar-refractivity contribution in [2.24, 2.45) is 11.3 Å². The summed E-state index contributed by atoms with van der Waals surface area (Å²) in [6.45, 7) is 4.79. The predicted molar refractivity (Wildman–Crippen MR) is 274 cm³/mol. The third-order valence-corrected chi connectivity index (χ3v) is 14.3. The summed E-state index contributed by atoms with van der Waals surface area (Å²) in [5.74, 6) is 0.605. The van der Waals surface area contributed by atoms with Crippen LogP contribution in [-0.4, -0.2) is 0 Å². The Labute approximate surface area is 384 Å². The number of benzene rings is 8. The van der Waals surface area contributed by atoms with Gasteiger partial charge in [-0.15, -0.1) is 0 Å². The van der Waals surface area contributed by atoms with Gasteiger partial charge in [-0.1, -0.05) is 226 Å². The minimum atomic E-state index is -0.441. The van der Waals surface area contributed by atoms with Crippen LogP contribution in [0.15, 0.2) is 254 Å². The Morgan fingerprint density at radius 3 is 1.75 bits per heavy atom. The second kappa shape index (κ2) is 16.8. The van der Waals surface area contributed by atoms with E-state index in [1.165, 1.54) is 66.9 Å². The Hall–Kier alpha value is -7.68. The Kier molecular flexibility index (Phi) is 10.4. The molecule has 3 aliphatic rings. The highest BCUT2D eigenvalue weighted by Gasteiger charge is 2.61. The van der Waals surface area contributed by atoms with Crippen LogP contribution in [0.3, 0.4) is 0 Å². The van der Waals surface area contributed by atoms with E-state index in [4.69, 9.17) is 0 Å². The lowest BCUT2D eigenvalue weighted by Gasteiger charge is -2.47. The Morgan fingerprint density at radius 1 is 0.462 bits per heavy atom. The fourth-order valence-corrected chi connectivity index (χ4v) is 11.3. The van der Waals surface area contributed by atoms with Gasteiger partial charge in [-0.25, -0.2) is 0 Å². The highest BCUT2D eigenvalue weighted by atomic mass is 14.9. The Morgan fingerprint density at radius 2 is 1.05 bits per heavy atom. The molecule has 0 saturated carbocycles. The number of hydrogen-bond donors (Lipinski definition) is 2. The van der Waals surface area contributed by atoms with E-state index in [9.17, 15) is 0 Å². The van der Waals surface area contributed by atoms with Crippen molar-refractivity contribution in [3.05, 3.63) is 282 Å². The molecule has 65 heavy (non-hydrogen) atoms. The molecule has 0 fully saturated rings. The molecule has 2 nitrogen and oxygen atoms in total. The number of rotatable bonds is 10. The third kappa shape index (κ3) is 6.98. The molecule has 8 aromatic carbocycles. The maximum absolute atomic E-state index is 4.04. The van der Waals surface area contributed by atoms with Gasteiger partial charge in [0.2, 0.25) is 0 Å². The largest absolute Gasteiger partial charge is 0.358 e. The van der Waals surface area contributed by atoms with E-state index in [-0.39, 0.29) is 17.3 Å². The molecule has 4 atom stereocenters. The molecule has 0 heterocycles. The first-order chi connectivity index (χ1) is 32.0. The second-order valence-corrected chi connectivity index (χ2v) is 18.0. The van der Waals surface area contributed by atoms with Crippen LogP contribution >= 0.6 is 0 Å². The monoisotopic (exact) mass is 836 g/mol. The van der Waals surface area contributed by atoms with Gasteiger partial charge in [-0.3, -0.25) is 0 Å². The van der Waals surface area contributed by atoms with Crippen molar-refractivity contribution in [1.29, 1.82) is 0 Å². The molecule has 0 radical (unpaired) electrons. The van der Waals surface area contributed by atoms with Gasteiger partial charge < -0.3 is 10.6 Å². The molecule has 2 N–H and O–H groups in total. The van der Waals surface area contributed by atoms with Crippen molar-refractivity contribution in [1.82, 2.24) is 0 Å². The molecule has 0 bridgehead atoms. The predicted octanol–water partition coefficient (Wildman–Crippen LogP) is 16.3. The highest BCUT2D eigenvalue weighted by molar-refractivity contribution is 5.89. The first-order valence-electron chi connectivity index (χ1n) is 23.0. The molecule has 0 aliphatic heterocycles. The van der Waals surface area contributed by atoms with Crippen molar-refractivity contribution in [2.75, 3.05) is 10.6 Å². The highest BCUT2D eigenvalue weighted by Crippen LogP contribution is 2.68. The van der Waals surface area contributed by atoms with Crippen LogP contribution in [0.2, 0.25) is 0 Å². The summed E-state index contributed by atoms with van der Waals surface area (Å²) in [7, 11) is 0. The van der Waals surface area contributed by atoms with Gasteiger partial charge in [0.1, 0.15) is 0 Å². The molecule has 11 rings (SSSR count). The number of fused-ring (bicyclic) bond motifs is 3. The Balaban J connectivity index is 1.00. The number of anilines is 3. The summed E-state index contributed by atoms with van der Waals surface area (Å²) < 4.78 is 0. The maximum Gasteiger partial charge on any atom is 0.0551 e. The van der Waals surface area contributed by atoms with Crippen LogP contribution in [0.4, 0.5) is 17.1 Å². The van der Waals surface area contributed by atoms with E-state index in [1.54, 1.807) is 0 Å². The van der Waals surface area contributed by atoms with Crippen LogP contribution in [0.25, 0.3) is 33.4 Å². The summed E-state index contributed by atoms with van der Waals surface area (Å²) in [6.07, 6.45) is 16.2. The van der Waals surface area contributed by atoms with Crippen LogP contribution in [-0.2, 0) is 5.41 Å². The first kappa shape index (κ1) is 40.1. The molecular formula is C63H52N2. The third-order valence-electron chi connectivity index (χ3n) is 14.3. The van der Waals surface area contributed by atoms with E-state index >= 15 is 0 Å². The molecule has 3 aliphatic carbocycles. The van der Waals surface area contributed by atoms with Crippen molar-refractivity contribution in [3.8, 4) is 33.4 Å². The molecule has 0 saturated heterocycles. The van der Waals surface area contributed by atoms with Gasteiger partial charge in [0.25, 0.3) is 0 Å². The zero-order valence-corrected chi connectivity index (χ0v) is 36.9. The molecule has 0 aromatic heterocycles. The molecule has 0 spiro atoms. The van der Waals surface area contributed by atoms with Crippen molar-refractivity contribution < 1.29 is 0 Å². The zero-order chi connectivity index (χ0) is 43.8. The molecule has 4 unspecified atom stereocenters. The SMILES string of the molecule is CC1C=CC=C(Nc2ccc(-c3ccccc3)cc2)C1c1cccc(-c2cccc(-c3ccc4c(c3Nc3ccccc3)C3C=CC=CC3(C)C4(c3ccccc3)c3ccccc3)c2)c1. The van der Waals surface area contributed by atoms with Crippen molar-refractivity contribution in [2.45, 2.75) is 31.1 Å². The molecule has 2 heteroatoms. The van der Waals surface area contributed by atoms with Crippen molar-refractivity contribution in [3.63, 3.8) is 0 Å². The zero-order valence-electron chi connectivity index (χ0n) is 36.9. The normalized spacial score (nSPS) is 20.1. The molecule has 8 aromatic rings. The average Bonchev–Trinajstić information content (AvgIpc) is 3.61. The van der Waals surface area contributed by atoms with Crippen LogP contribution in [0.5, 0.6) is 0 Å². The smallest absolute Gasteiger partial charge is 0.0551 e. The summed E-state index contributed by atoms with van der Waals surface area (Å²) in [5.41, 5.74) is 17.6. The Bertz CT molecular complexity index is 3070. The average molecular weight is 837 g/mol. The summed E-state index contributed by atoms with van der Waals surface area (Å²) in [6, 6.07) is 75.5. The molecular weight excluding hydrogens is 785 g/mol. The standard InChI is InChI=1S/C63H52N2/c1-44-20-17-34-58(64-54-37-35-46(36-38-54)45-21-7-3-8-22-45)59(44)50-26-19-24-48(43-50)47-23-18-25-49(42-47)55-39-40-57-60(61(55)65-53-31-13-6-14-32-53)56-33-15-16-41-62(56,2)63(57,51-27-9-4-10-28-51)52-29-11-5-12-30-52/h3-44,56,59,64-65H,1-2H3. The minimum Gasteiger partial charge on any atom is -0.358 e. The lowest BCUT2D eigenvalue weighted by Crippen LogP contribution is -2.43. The van der Waals surface area contributed by atoms with Gasteiger partial charge >= 0.3 is 0 Å². The number of allylic oxidation sites excluding steroid dienone is 8. The fraction of sp³-hybridized carbons (Fsp3) is 0.111. The van der Waals surface area contributed by atoms with Gasteiger partial charge in [0.05, 0.1) is 11.1 Å².